The second kappa shape index (κ2) is 7.40. The van der Waals surface area contributed by atoms with E-state index in [4.69, 9.17) is 0 Å². The highest BCUT2D eigenvalue weighted by atomic mass is 15.3. The fourth-order valence-corrected chi connectivity index (χ4v) is 3.63. The first-order chi connectivity index (χ1) is 11.5. The molecule has 0 radical (unpaired) electrons. The Balaban J connectivity index is 1.58. The summed E-state index contributed by atoms with van der Waals surface area (Å²) in [5, 5.41) is 0. The highest BCUT2D eigenvalue weighted by Crippen LogP contribution is 2.22. The van der Waals surface area contributed by atoms with Crippen molar-refractivity contribution in [1.82, 2.24) is 0 Å². The lowest BCUT2D eigenvalue weighted by Gasteiger charge is -2.34. The number of piperazine rings is 1. The minimum Gasteiger partial charge on any atom is -0.360 e. The Morgan fingerprint density at radius 1 is 0.958 bits per heavy atom. The SMILES string of the molecule is Cc1cccc(N2CC[NH+](Cc3ccc(C(C)C)cc3)CC2)c1C. The Labute approximate surface area is 147 Å². The molecule has 0 bridgehead atoms. The summed E-state index contributed by atoms with van der Waals surface area (Å²) in [5.74, 6) is 0.618. The predicted molar refractivity (Wildman–Crippen MR) is 103 cm³/mol. The highest BCUT2D eigenvalue weighted by molar-refractivity contribution is 5.56. The van der Waals surface area contributed by atoms with Gasteiger partial charge >= 0.3 is 0 Å². The van der Waals surface area contributed by atoms with Crippen LogP contribution in [0.3, 0.4) is 0 Å². The average molecular weight is 324 g/mol. The van der Waals surface area contributed by atoms with Crippen molar-refractivity contribution < 1.29 is 4.90 Å². The number of hydrogen-bond donors (Lipinski definition) is 1. The third kappa shape index (κ3) is 3.81. The van der Waals surface area contributed by atoms with E-state index in [1.165, 1.54) is 41.0 Å². The summed E-state index contributed by atoms with van der Waals surface area (Å²) < 4.78 is 0. The van der Waals surface area contributed by atoms with Gasteiger partial charge in [-0.25, -0.2) is 0 Å². The molecule has 0 unspecified atom stereocenters. The van der Waals surface area contributed by atoms with E-state index in [1.807, 2.05) is 0 Å². The zero-order chi connectivity index (χ0) is 17.1. The third-order valence-corrected chi connectivity index (χ3v) is 5.49. The molecule has 1 aliphatic rings. The summed E-state index contributed by atoms with van der Waals surface area (Å²) in [7, 11) is 0. The van der Waals surface area contributed by atoms with Crippen molar-refractivity contribution in [2.24, 2.45) is 0 Å². The highest BCUT2D eigenvalue weighted by Gasteiger charge is 2.21. The minimum absolute atomic E-state index is 0.618. The molecule has 24 heavy (non-hydrogen) atoms. The third-order valence-electron chi connectivity index (χ3n) is 5.49. The van der Waals surface area contributed by atoms with Gasteiger partial charge in [0.15, 0.2) is 0 Å². The monoisotopic (exact) mass is 323 g/mol. The van der Waals surface area contributed by atoms with E-state index in [-0.39, 0.29) is 0 Å². The maximum absolute atomic E-state index is 2.56. The van der Waals surface area contributed by atoms with Crippen molar-refractivity contribution in [3.63, 3.8) is 0 Å². The number of quaternary nitrogens is 1. The van der Waals surface area contributed by atoms with E-state index in [0.717, 1.165) is 19.6 Å². The lowest BCUT2D eigenvalue weighted by atomic mass is 10.0. The summed E-state index contributed by atoms with van der Waals surface area (Å²) in [4.78, 5) is 4.27. The van der Waals surface area contributed by atoms with Crippen molar-refractivity contribution in [3.8, 4) is 0 Å². The molecule has 1 saturated heterocycles. The molecule has 1 aliphatic heterocycles. The number of rotatable bonds is 4. The predicted octanol–water partition coefficient (Wildman–Crippen LogP) is 3.33. The number of anilines is 1. The van der Waals surface area contributed by atoms with Crippen LogP contribution in [0, 0.1) is 13.8 Å². The van der Waals surface area contributed by atoms with E-state index in [0.29, 0.717) is 5.92 Å². The van der Waals surface area contributed by atoms with Crippen LogP contribution in [0.15, 0.2) is 42.5 Å². The first-order valence-electron chi connectivity index (χ1n) is 9.28. The van der Waals surface area contributed by atoms with E-state index in [1.54, 1.807) is 4.90 Å². The second-order valence-electron chi connectivity index (χ2n) is 7.53. The molecule has 1 heterocycles. The summed E-state index contributed by atoms with van der Waals surface area (Å²) >= 11 is 0. The molecule has 1 fully saturated rings. The van der Waals surface area contributed by atoms with Gasteiger partial charge in [0, 0.05) is 11.3 Å². The van der Waals surface area contributed by atoms with Gasteiger partial charge in [0.25, 0.3) is 0 Å². The van der Waals surface area contributed by atoms with Gasteiger partial charge in [-0.05, 0) is 42.5 Å². The summed E-state index contributed by atoms with van der Waals surface area (Å²) in [6.07, 6.45) is 0. The van der Waals surface area contributed by atoms with Crippen LogP contribution < -0.4 is 9.80 Å². The van der Waals surface area contributed by atoms with Crippen molar-refractivity contribution in [1.29, 1.82) is 0 Å². The largest absolute Gasteiger partial charge is 0.360 e. The van der Waals surface area contributed by atoms with Gasteiger partial charge in [-0.15, -0.1) is 0 Å². The Morgan fingerprint density at radius 2 is 1.62 bits per heavy atom. The second-order valence-corrected chi connectivity index (χ2v) is 7.53. The van der Waals surface area contributed by atoms with Gasteiger partial charge in [0.05, 0.1) is 26.2 Å². The van der Waals surface area contributed by atoms with E-state index in [9.17, 15) is 0 Å². The van der Waals surface area contributed by atoms with Crippen LogP contribution in [0.1, 0.15) is 42.0 Å². The van der Waals surface area contributed by atoms with Crippen LogP contribution in [-0.4, -0.2) is 26.2 Å². The first kappa shape index (κ1) is 17.0. The molecule has 0 saturated carbocycles. The molecule has 128 valence electrons. The maximum Gasteiger partial charge on any atom is 0.103 e. The average Bonchev–Trinajstić information content (AvgIpc) is 2.59. The van der Waals surface area contributed by atoms with Crippen LogP contribution in [0.5, 0.6) is 0 Å². The number of nitrogens with one attached hydrogen (secondary N) is 1. The lowest BCUT2D eigenvalue weighted by molar-refractivity contribution is -0.914. The molecule has 0 aromatic heterocycles. The molecule has 0 atom stereocenters. The molecule has 0 spiro atoms. The molecule has 2 heteroatoms. The topological polar surface area (TPSA) is 7.68 Å². The van der Waals surface area contributed by atoms with Gasteiger partial charge in [0.2, 0.25) is 0 Å². The minimum atomic E-state index is 0.618. The van der Waals surface area contributed by atoms with Crippen LogP contribution in [0.4, 0.5) is 5.69 Å². The molecule has 2 aromatic rings. The van der Waals surface area contributed by atoms with Gasteiger partial charge in [-0.2, -0.15) is 0 Å². The smallest absolute Gasteiger partial charge is 0.103 e. The molecule has 0 amide bonds. The number of aryl methyl sites for hydroxylation is 1. The van der Waals surface area contributed by atoms with E-state index in [2.05, 4.69) is 75.1 Å². The molecule has 2 nitrogen and oxygen atoms in total. The van der Waals surface area contributed by atoms with Crippen LogP contribution >= 0.6 is 0 Å². The van der Waals surface area contributed by atoms with E-state index >= 15 is 0 Å². The molecular formula is C22H31N2+. The fraction of sp³-hybridized carbons (Fsp3) is 0.455. The van der Waals surface area contributed by atoms with Gasteiger partial charge in [-0.1, -0.05) is 50.2 Å². The molecule has 2 aromatic carbocycles. The number of nitrogens with zero attached hydrogens (tertiary/aromatic N) is 1. The maximum atomic E-state index is 2.56. The summed E-state index contributed by atoms with van der Waals surface area (Å²) in [5.41, 5.74) is 7.16. The fourth-order valence-electron chi connectivity index (χ4n) is 3.63. The zero-order valence-corrected chi connectivity index (χ0v) is 15.6. The van der Waals surface area contributed by atoms with Gasteiger partial charge in [-0.3, -0.25) is 0 Å². The first-order valence-corrected chi connectivity index (χ1v) is 9.28. The molecule has 0 aliphatic carbocycles. The van der Waals surface area contributed by atoms with Crippen molar-refractivity contribution in [2.45, 2.75) is 40.2 Å². The molecule has 3 rings (SSSR count). The van der Waals surface area contributed by atoms with Crippen LogP contribution in [0.2, 0.25) is 0 Å². The Morgan fingerprint density at radius 3 is 2.25 bits per heavy atom. The quantitative estimate of drug-likeness (QED) is 0.907. The number of benzene rings is 2. The van der Waals surface area contributed by atoms with Gasteiger partial charge < -0.3 is 9.80 Å². The number of hydrogen-bond acceptors (Lipinski definition) is 1. The molecule has 1 N–H and O–H groups in total. The van der Waals surface area contributed by atoms with Crippen molar-refractivity contribution in [3.05, 3.63) is 64.7 Å². The zero-order valence-electron chi connectivity index (χ0n) is 15.6. The van der Waals surface area contributed by atoms with Gasteiger partial charge in [0.1, 0.15) is 6.54 Å². The summed E-state index contributed by atoms with van der Waals surface area (Å²) in [6, 6.07) is 15.9. The molecular weight excluding hydrogens is 292 g/mol. The Hall–Kier alpha value is -1.80. The summed E-state index contributed by atoms with van der Waals surface area (Å²) in [6.45, 7) is 14.9. The van der Waals surface area contributed by atoms with Crippen LogP contribution in [0.25, 0.3) is 0 Å². The van der Waals surface area contributed by atoms with Crippen LogP contribution in [-0.2, 0) is 6.54 Å². The van der Waals surface area contributed by atoms with Crippen molar-refractivity contribution in [2.75, 3.05) is 31.1 Å². The standard InChI is InChI=1S/C22H30N2/c1-17(2)21-10-8-20(9-11-21)16-23-12-14-24(15-13-23)22-7-5-6-18(3)19(22)4/h5-11,17H,12-16H2,1-4H3/p+1. The Bertz CT molecular complexity index is 665. The normalized spacial score (nSPS) is 16.0. The van der Waals surface area contributed by atoms with E-state index < -0.39 is 0 Å². The van der Waals surface area contributed by atoms with Crippen molar-refractivity contribution >= 4 is 5.69 Å². The Kier molecular flexibility index (Phi) is 5.25. The lowest BCUT2D eigenvalue weighted by Crippen LogP contribution is -3.13.